The number of nitrogens with zero attached hydrogens (tertiary/aromatic N) is 1. The zero-order valence-corrected chi connectivity index (χ0v) is 13.3. The van der Waals surface area contributed by atoms with E-state index >= 15 is 0 Å². The van der Waals surface area contributed by atoms with Crippen LogP contribution in [0.25, 0.3) is 0 Å². The van der Waals surface area contributed by atoms with E-state index in [-0.39, 0.29) is 10.6 Å². The smallest absolute Gasteiger partial charge is 0.337 e. The number of rotatable bonds is 6. The van der Waals surface area contributed by atoms with Crippen LogP contribution in [0.1, 0.15) is 15.9 Å². The summed E-state index contributed by atoms with van der Waals surface area (Å²) in [5.74, 6) is 0.0519. The van der Waals surface area contributed by atoms with Crippen molar-refractivity contribution in [2.24, 2.45) is 5.10 Å². The first-order valence-corrected chi connectivity index (χ1v) is 6.97. The van der Waals surface area contributed by atoms with Gasteiger partial charge in [0, 0.05) is 5.56 Å². The van der Waals surface area contributed by atoms with Gasteiger partial charge in [0.05, 0.1) is 36.7 Å². The molecule has 0 atom stereocenters. The topological polar surface area (TPSA) is 80.2 Å². The molecule has 0 bridgehead atoms. The first-order valence-electron chi connectivity index (χ1n) is 6.59. The largest absolute Gasteiger partial charge is 0.493 e. The van der Waals surface area contributed by atoms with Crippen LogP contribution in [0.3, 0.4) is 0 Å². The fraction of sp³-hybridized carbons (Fsp3) is 0.125. The van der Waals surface area contributed by atoms with Crippen molar-refractivity contribution in [1.29, 1.82) is 0 Å². The molecular weight excluding hydrogens is 320 g/mol. The van der Waals surface area contributed by atoms with Gasteiger partial charge in [-0.05, 0) is 30.3 Å². The van der Waals surface area contributed by atoms with E-state index in [1.54, 1.807) is 32.6 Å². The number of benzene rings is 2. The van der Waals surface area contributed by atoms with Crippen LogP contribution < -0.4 is 14.9 Å². The molecule has 0 aliphatic heterocycles. The van der Waals surface area contributed by atoms with E-state index in [1.165, 1.54) is 12.1 Å². The zero-order valence-electron chi connectivity index (χ0n) is 12.5. The van der Waals surface area contributed by atoms with Gasteiger partial charge in [-0.2, -0.15) is 5.10 Å². The van der Waals surface area contributed by atoms with Gasteiger partial charge in [-0.15, -0.1) is 0 Å². The Bertz CT molecular complexity index is 747. The van der Waals surface area contributed by atoms with E-state index in [0.29, 0.717) is 22.7 Å². The molecule has 2 rings (SSSR count). The number of ether oxygens (including phenoxy) is 2. The SMILES string of the molecule is COc1cccc(/C=N/Nc2ccc(Cl)c(C(=O)O)c2)c1OC. The lowest BCUT2D eigenvalue weighted by Crippen LogP contribution is -2.00. The lowest BCUT2D eigenvalue weighted by atomic mass is 10.2. The maximum atomic E-state index is 11.0. The lowest BCUT2D eigenvalue weighted by Gasteiger charge is -2.09. The summed E-state index contributed by atoms with van der Waals surface area (Å²) in [4.78, 5) is 11.0. The summed E-state index contributed by atoms with van der Waals surface area (Å²) in [5.41, 5.74) is 3.98. The Hall–Kier alpha value is -2.73. The van der Waals surface area contributed by atoms with Gasteiger partial charge >= 0.3 is 5.97 Å². The number of para-hydroxylation sites is 1. The van der Waals surface area contributed by atoms with Crippen molar-refractivity contribution in [2.75, 3.05) is 19.6 Å². The number of halogens is 1. The number of methoxy groups -OCH3 is 2. The first kappa shape index (κ1) is 16.6. The number of hydrogen-bond acceptors (Lipinski definition) is 5. The Labute approximate surface area is 138 Å². The van der Waals surface area contributed by atoms with Crippen LogP contribution in [0.15, 0.2) is 41.5 Å². The molecule has 0 fully saturated rings. The second-order valence-electron chi connectivity index (χ2n) is 4.45. The molecule has 0 aliphatic carbocycles. The standard InChI is InChI=1S/C16H15ClN2O4/c1-22-14-5-3-4-10(15(14)23-2)9-18-19-11-6-7-13(17)12(8-11)16(20)21/h3-9,19H,1-2H3,(H,20,21)/b18-9+. The molecule has 120 valence electrons. The number of hydrogen-bond donors (Lipinski definition) is 2. The Kier molecular flexibility index (Phi) is 5.43. The molecule has 0 spiro atoms. The third kappa shape index (κ3) is 3.92. The summed E-state index contributed by atoms with van der Waals surface area (Å²) < 4.78 is 10.5. The third-order valence-corrected chi connectivity index (χ3v) is 3.36. The lowest BCUT2D eigenvalue weighted by molar-refractivity contribution is 0.0697. The highest BCUT2D eigenvalue weighted by molar-refractivity contribution is 6.33. The Morgan fingerprint density at radius 2 is 2.04 bits per heavy atom. The molecule has 2 aromatic carbocycles. The number of aromatic carboxylic acids is 1. The summed E-state index contributed by atoms with van der Waals surface area (Å²) in [6, 6.07) is 9.95. The van der Waals surface area contributed by atoms with E-state index in [4.69, 9.17) is 26.2 Å². The van der Waals surface area contributed by atoms with Gasteiger partial charge in [0.25, 0.3) is 0 Å². The van der Waals surface area contributed by atoms with Crippen LogP contribution in [0.4, 0.5) is 5.69 Å². The third-order valence-electron chi connectivity index (χ3n) is 3.03. The van der Waals surface area contributed by atoms with Gasteiger partial charge < -0.3 is 14.6 Å². The molecule has 0 heterocycles. The summed E-state index contributed by atoms with van der Waals surface area (Å²) in [7, 11) is 3.10. The highest BCUT2D eigenvalue weighted by Crippen LogP contribution is 2.29. The Balaban J connectivity index is 2.20. The summed E-state index contributed by atoms with van der Waals surface area (Å²) in [6.07, 6.45) is 1.55. The van der Waals surface area contributed by atoms with Crippen LogP contribution in [-0.2, 0) is 0 Å². The summed E-state index contributed by atoms with van der Waals surface area (Å²) >= 11 is 5.82. The molecule has 0 saturated heterocycles. The molecule has 0 unspecified atom stereocenters. The minimum Gasteiger partial charge on any atom is -0.493 e. The Morgan fingerprint density at radius 3 is 2.70 bits per heavy atom. The molecule has 0 aromatic heterocycles. The number of carboxylic acid groups (broad SMARTS) is 1. The van der Waals surface area contributed by atoms with Crippen LogP contribution >= 0.6 is 11.6 Å². The predicted molar refractivity (Wildman–Crippen MR) is 89.2 cm³/mol. The minimum atomic E-state index is -1.10. The molecule has 2 aromatic rings. The van der Waals surface area contributed by atoms with Crippen molar-refractivity contribution < 1.29 is 19.4 Å². The summed E-state index contributed by atoms with van der Waals surface area (Å²) in [5, 5.41) is 13.3. The van der Waals surface area contributed by atoms with E-state index in [1.807, 2.05) is 12.1 Å². The van der Waals surface area contributed by atoms with Gasteiger partial charge in [-0.25, -0.2) is 4.79 Å². The fourth-order valence-corrected chi connectivity index (χ4v) is 2.15. The molecule has 0 radical (unpaired) electrons. The second kappa shape index (κ2) is 7.51. The Morgan fingerprint density at radius 1 is 1.26 bits per heavy atom. The molecule has 23 heavy (non-hydrogen) atoms. The maximum Gasteiger partial charge on any atom is 0.337 e. The monoisotopic (exact) mass is 334 g/mol. The average Bonchev–Trinajstić information content (AvgIpc) is 2.55. The van der Waals surface area contributed by atoms with Crippen molar-refractivity contribution in [3.05, 3.63) is 52.5 Å². The van der Waals surface area contributed by atoms with Crippen LogP contribution in [0.2, 0.25) is 5.02 Å². The van der Waals surface area contributed by atoms with Crippen molar-refractivity contribution in [3.63, 3.8) is 0 Å². The average molecular weight is 335 g/mol. The van der Waals surface area contributed by atoms with E-state index < -0.39 is 5.97 Å². The fourth-order valence-electron chi connectivity index (χ4n) is 1.95. The van der Waals surface area contributed by atoms with E-state index in [2.05, 4.69) is 10.5 Å². The van der Waals surface area contributed by atoms with Crippen molar-refractivity contribution in [1.82, 2.24) is 0 Å². The van der Waals surface area contributed by atoms with Crippen molar-refractivity contribution in [2.45, 2.75) is 0 Å². The van der Waals surface area contributed by atoms with Crippen LogP contribution in [0, 0.1) is 0 Å². The molecule has 2 N–H and O–H groups in total. The first-order chi connectivity index (χ1) is 11.1. The maximum absolute atomic E-state index is 11.0. The number of carboxylic acids is 1. The molecule has 7 heteroatoms. The highest BCUT2D eigenvalue weighted by atomic mass is 35.5. The second-order valence-corrected chi connectivity index (χ2v) is 4.86. The van der Waals surface area contributed by atoms with Crippen molar-refractivity contribution >= 4 is 29.5 Å². The van der Waals surface area contributed by atoms with Crippen molar-refractivity contribution in [3.8, 4) is 11.5 Å². The molecule has 6 nitrogen and oxygen atoms in total. The van der Waals surface area contributed by atoms with Crippen LogP contribution in [-0.4, -0.2) is 31.5 Å². The van der Waals surface area contributed by atoms with E-state index in [0.717, 1.165) is 0 Å². The number of carbonyl (C=O) groups is 1. The van der Waals surface area contributed by atoms with Crippen LogP contribution in [0.5, 0.6) is 11.5 Å². The van der Waals surface area contributed by atoms with Gasteiger partial charge in [0.15, 0.2) is 11.5 Å². The molecule has 0 amide bonds. The summed E-state index contributed by atoms with van der Waals surface area (Å²) in [6.45, 7) is 0. The van der Waals surface area contributed by atoms with Gasteiger partial charge in [0.1, 0.15) is 0 Å². The molecule has 0 aliphatic rings. The number of hydrazone groups is 1. The van der Waals surface area contributed by atoms with E-state index in [9.17, 15) is 4.79 Å². The molecule has 0 saturated carbocycles. The molecular formula is C16H15ClN2O4. The van der Waals surface area contributed by atoms with Gasteiger partial charge in [-0.1, -0.05) is 17.7 Å². The van der Waals surface area contributed by atoms with Gasteiger partial charge in [0.2, 0.25) is 0 Å². The normalized spacial score (nSPS) is 10.6. The van der Waals surface area contributed by atoms with Gasteiger partial charge in [-0.3, -0.25) is 5.43 Å². The number of anilines is 1. The highest BCUT2D eigenvalue weighted by Gasteiger charge is 2.09. The quantitative estimate of drug-likeness (QED) is 0.624. The number of nitrogens with one attached hydrogen (secondary N) is 1. The minimum absolute atomic E-state index is 0.00540. The predicted octanol–water partition coefficient (Wildman–Crippen LogP) is 3.50. The zero-order chi connectivity index (χ0) is 16.8.